The van der Waals surface area contributed by atoms with Gasteiger partial charge >= 0.3 is 0 Å². The molecule has 0 aliphatic rings. The Balaban J connectivity index is 2.20. The highest BCUT2D eigenvalue weighted by Gasteiger charge is 2.26. The second-order valence-electron chi connectivity index (χ2n) is 7.10. The lowest BCUT2D eigenvalue weighted by atomic mass is 10.1. The molecule has 28 heavy (non-hydrogen) atoms. The van der Waals surface area contributed by atoms with Crippen molar-refractivity contribution in [2.75, 3.05) is 6.54 Å². The zero-order valence-electron chi connectivity index (χ0n) is 16.9. The van der Waals surface area contributed by atoms with E-state index >= 15 is 0 Å². The number of nitrogens with zero attached hydrogens (tertiary/aromatic N) is 1. The quantitative estimate of drug-likeness (QED) is 0.664. The van der Waals surface area contributed by atoms with Crippen molar-refractivity contribution in [1.82, 2.24) is 10.2 Å². The molecular weight excluding hydrogens is 355 g/mol. The van der Waals surface area contributed by atoms with Crippen molar-refractivity contribution in [2.24, 2.45) is 0 Å². The van der Waals surface area contributed by atoms with Gasteiger partial charge in [0.25, 0.3) is 0 Å². The van der Waals surface area contributed by atoms with Crippen LogP contribution < -0.4 is 5.32 Å². The fraction of sp³-hybridized carbons (Fsp3) is 0.391. The van der Waals surface area contributed by atoms with Gasteiger partial charge in [0.1, 0.15) is 11.9 Å². The molecule has 1 atom stereocenters. The van der Waals surface area contributed by atoms with E-state index in [1.54, 1.807) is 25.1 Å². The first kappa shape index (κ1) is 21.6. The van der Waals surface area contributed by atoms with Crippen molar-refractivity contribution in [3.05, 3.63) is 71.0 Å². The average molecular weight is 384 g/mol. The van der Waals surface area contributed by atoms with E-state index in [0.29, 0.717) is 18.7 Å². The summed E-state index contributed by atoms with van der Waals surface area (Å²) in [7, 11) is 0. The van der Waals surface area contributed by atoms with Crippen molar-refractivity contribution in [2.45, 2.75) is 52.6 Å². The Labute approximate surface area is 166 Å². The molecule has 0 fully saturated rings. The molecule has 0 heterocycles. The zero-order chi connectivity index (χ0) is 20.5. The van der Waals surface area contributed by atoms with Gasteiger partial charge in [0.2, 0.25) is 11.8 Å². The van der Waals surface area contributed by atoms with Gasteiger partial charge in [0.15, 0.2) is 0 Å². The highest BCUT2D eigenvalue weighted by atomic mass is 19.1. The molecule has 0 radical (unpaired) electrons. The van der Waals surface area contributed by atoms with Gasteiger partial charge in [-0.25, -0.2) is 4.39 Å². The van der Waals surface area contributed by atoms with Crippen LogP contribution in [0.1, 0.15) is 43.4 Å². The number of amides is 2. The third kappa shape index (κ3) is 6.19. The fourth-order valence-corrected chi connectivity index (χ4v) is 3.03. The minimum absolute atomic E-state index is 0.0783. The van der Waals surface area contributed by atoms with E-state index in [1.165, 1.54) is 11.0 Å². The van der Waals surface area contributed by atoms with Crippen LogP contribution in [0.15, 0.2) is 48.5 Å². The van der Waals surface area contributed by atoms with Gasteiger partial charge in [-0.1, -0.05) is 61.4 Å². The summed E-state index contributed by atoms with van der Waals surface area (Å²) >= 11 is 0. The van der Waals surface area contributed by atoms with E-state index in [9.17, 15) is 14.0 Å². The van der Waals surface area contributed by atoms with Gasteiger partial charge in [-0.2, -0.15) is 0 Å². The molecule has 2 amide bonds. The van der Waals surface area contributed by atoms with Crippen LogP contribution in [-0.4, -0.2) is 29.3 Å². The molecule has 0 saturated heterocycles. The maximum Gasteiger partial charge on any atom is 0.242 e. The molecule has 2 aromatic carbocycles. The third-order valence-electron chi connectivity index (χ3n) is 4.73. The van der Waals surface area contributed by atoms with Crippen molar-refractivity contribution in [3.63, 3.8) is 0 Å². The lowest BCUT2D eigenvalue weighted by Crippen LogP contribution is -2.48. The zero-order valence-corrected chi connectivity index (χ0v) is 16.9. The normalized spacial score (nSPS) is 11.7. The standard InChI is InChI=1S/C23H29FN2O2/c1-4-5-13-25-23(28)18(3)26(16-19-10-8-9-17(2)14-19)22(27)15-20-11-6-7-12-21(20)24/h6-12,14,18H,4-5,13,15-16H2,1-3H3,(H,25,28)/t18-/m1/s1. The monoisotopic (exact) mass is 384 g/mol. The molecule has 0 spiro atoms. The minimum Gasteiger partial charge on any atom is -0.354 e. The van der Waals surface area contributed by atoms with Crippen LogP contribution in [0.5, 0.6) is 0 Å². The summed E-state index contributed by atoms with van der Waals surface area (Å²) in [4.78, 5) is 27.1. The van der Waals surface area contributed by atoms with Crippen molar-refractivity contribution in [3.8, 4) is 0 Å². The van der Waals surface area contributed by atoms with Crippen molar-refractivity contribution >= 4 is 11.8 Å². The number of rotatable bonds is 9. The molecule has 1 N–H and O–H groups in total. The lowest BCUT2D eigenvalue weighted by Gasteiger charge is -2.29. The number of hydrogen-bond donors (Lipinski definition) is 1. The van der Waals surface area contributed by atoms with Gasteiger partial charge in [-0.3, -0.25) is 9.59 Å². The Hall–Kier alpha value is -2.69. The second-order valence-corrected chi connectivity index (χ2v) is 7.10. The summed E-state index contributed by atoms with van der Waals surface area (Å²) in [6, 6.07) is 13.4. The van der Waals surface area contributed by atoms with Gasteiger partial charge < -0.3 is 10.2 Å². The van der Waals surface area contributed by atoms with E-state index in [2.05, 4.69) is 12.2 Å². The van der Waals surface area contributed by atoms with Crippen LogP contribution >= 0.6 is 0 Å². The third-order valence-corrected chi connectivity index (χ3v) is 4.73. The summed E-state index contributed by atoms with van der Waals surface area (Å²) in [6.45, 7) is 6.64. The first-order valence-electron chi connectivity index (χ1n) is 9.78. The number of unbranched alkanes of at least 4 members (excludes halogenated alkanes) is 1. The first-order valence-corrected chi connectivity index (χ1v) is 9.78. The summed E-state index contributed by atoms with van der Waals surface area (Å²) in [6.07, 6.45) is 1.79. The number of carbonyl (C=O) groups excluding carboxylic acids is 2. The second kappa shape index (κ2) is 10.6. The minimum atomic E-state index is -0.642. The van der Waals surface area contributed by atoms with Gasteiger partial charge in [0.05, 0.1) is 6.42 Å². The molecule has 4 nitrogen and oxygen atoms in total. The highest BCUT2D eigenvalue weighted by molar-refractivity contribution is 5.88. The smallest absolute Gasteiger partial charge is 0.242 e. The van der Waals surface area contributed by atoms with E-state index in [-0.39, 0.29) is 18.2 Å². The van der Waals surface area contributed by atoms with Crippen LogP contribution in [0.3, 0.4) is 0 Å². The molecule has 2 aromatic rings. The number of carbonyl (C=O) groups is 2. The van der Waals surface area contributed by atoms with E-state index < -0.39 is 11.9 Å². The molecule has 150 valence electrons. The van der Waals surface area contributed by atoms with Crippen LogP contribution in [0.25, 0.3) is 0 Å². The van der Waals surface area contributed by atoms with Crippen LogP contribution in [0, 0.1) is 12.7 Å². The average Bonchev–Trinajstić information content (AvgIpc) is 2.67. The predicted octanol–water partition coefficient (Wildman–Crippen LogP) is 4.01. The first-order chi connectivity index (χ1) is 13.4. The predicted molar refractivity (Wildman–Crippen MR) is 109 cm³/mol. The Morgan fingerprint density at radius 2 is 1.89 bits per heavy atom. The van der Waals surface area contributed by atoms with E-state index in [1.807, 2.05) is 31.2 Å². The van der Waals surface area contributed by atoms with Crippen LogP contribution in [0.2, 0.25) is 0 Å². The topological polar surface area (TPSA) is 49.4 Å². The number of hydrogen-bond acceptors (Lipinski definition) is 2. The summed E-state index contributed by atoms with van der Waals surface area (Å²) < 4.78 is 14.0. The number of aryl methyl sites for hydroxylation is 1. The molecule has 0 aliphatic carbocycles. The summed E-state index contributed by atoms with van der Waals surface area (Å²) in [5.41, 5.74) is 2.36. The van der Waals surface area contributed by atoms with Crippen molar-refractivity contribution < 1.29 is 14.0 Å². The maximum atomic E-state index is 14.0. The largest absolute Gasteiger partial charge is 0.354 e. The van der Waals surface area contributed by atoms with Crippen LogP contribution in [-0.2, 0) is 22.6 Å². The Kier molecular flexibility index (Phi) is 8.18. The molecule has 0 bridgehead atoms. The van der Waals surface area contributed by atoms with Crippen molar-refractivity contribution in [1.29, 1.82) is 0 Å². The van der Waals surface area contributed by atoms with Gasteiger partial charge in [-0.15, -0.1) is 0 Å². The Morgan fingerprint density at radius 1 is 1.14 bits per heavy atom. The molecule has 0 aromatic heterocycles. The maximum absolute atomic E-state index is 14.0. The molecule has 0 unspecified atom stereocenters. The molecular formula is C23H29FN2O2. The Morgan fingerprint density at radius 3 is 2.57 bits per heavy atom. The van der Waals surface area contributed by atoms with E-state index in [4.69, 9.17) is 0 Å². The number of nitrogens with one attached hydrogen (secondary N) is 1. The van der Waals surface area contributed by atoms with Crippen LogP contribution in [0.4, 0.5) is 4.39 Å². The molecule has 0 aliphatic heterocycles. The number of benzene rings is 2. The lowest BCUT2D eigenvalue weighted by molar-refractivity contribution is -0.140. The SMILES string of the molecule is CCCCNC(=O)[C@@H](C)N(Cc1cccc(C)c1)C(=O)Cc1ccccc1F. The Bertz CT molecular complexity index is 807. The summed E-state index contributed by atoms with van der Waals surface area (Å²) in [5, 5.41) is 2.88. The van der Waals surface area contributed by atoms with E-state index in [0.717, 1.165) is 24.0 Å². The molecule has 0 saturated carbocycles. The van der Waals surface area contributed by atoms with Gasteiger partial charge in [-0.05, 0) is 37.5 Å². The fourth-order valence-electron chi connectivity index (χ4n) is 3.03. The molecule has 5 heteroatoms. The molecule has 2 rings (SSSR count). The number of halogens is 1. The van der Waals surface area contributed by atoms with Gasteiger partial charge in [0, 0.05) is 13.1 Å². The highest BCUT2D eigenvalue weighted by Crippen LogP contribution is 2.15. The summed E-state index contributed by atoms with van der Waals surface area (Å²) in [5.74, 6) is -0.876.